The van der Waals surface area contributed by atoms with Gasteiger partial charge < -0.3 is 0 Å². The van der Waals surface area contributed by atoms with Crippen LogP contribution in [0.2, 0.25) is 0 Å². The number of H-pyrrole nitrogens is 1. The van der Waals surface area contributed by atoms with Gasteiger partial charge in [-0.15, -0.1) is 12.4 Å². The molecular formula is C12H10ClN3S. The van der Waals surface area contributed by atoms with Gasteiger partial charge in [-0.3, -0.25) is 9.67 Å². The van der Waals surface area contributed by atoms with Gasteiger partial charge in [0.1, 0.15) is 6.33 Å². The van der Waals surface area contributed by atoms with E-state index in [1.807, 2.05) is 28.8 Å². The Morgan fingerprint density at radius 1 is 1.06 bits per heavy atom. The number of hydrogen-bond acceptors (Lipinski definition) is 2. The largest absolute Gasteiger partial charge is 0.274 e. The third-order valence-corrected chi connectivity index (χ3v) is 2.87. The molecule has 0 aliphatic carbocycles. The van der Waals surface area contributed by atoms with Crippen LogP contribution in [0.3, 0.4) is 0 Å². The number of benzene rings is 2. The maximum Gasteiger partial charge on any atom is 0.199 e. The quantitative estimate of drug-likeness (QED) is 0.682. The van der Waals surface area contributed by atoms with E-state index in [4.69, 9.17) is 12.2 Å². The lowest BCUT2D eigenvalue weighted by Crippen LogP contribution is -1.93. The standard InChI is InChI=1S/C12H9N3S.ClH/c16-12-14-13-8-15(12)11-7-3-5-9-4-1-2-6-10(9)11;/h1-8H,(H,14,16);1H. The molecule has 0 fully saturated rings. The summed E-state index contributed by atoms with van der Waals surface area (Å²) in [5.41, 5.74) is 1.05. The van der Waals surface area contributed by atoms with Crippen LogP contribution >= 0.6 is 24.6 Å². The molecule has 0 saturated heterocycles. The van der Waals surface area contributed by atoms with E-state index in [-0.39, 0.29) is 12.4 Å². The molecular weight excluding hydrogens is 254 g/mol. The predicted octanol–water partition coefficient (Wildman–Crippen LogP) is 3.50. The van der Waals surface area contributed by atoms with E-state index in [1.165, 1.54) is 10.8 Å². The molecule has 0 aliphatic rings. The maximum atomic E-state index is 5.18. The average molecular weight is 264 g/mol. The summed E-state index contributed by atoms with van der Waals surface area (Å²) in [7, 11) is 0. The van der Waals surface area contributed by atoms with Gasteiger partial charge in [-0.05, 0) is 23.7 Å². The first-order valence-corrected chi connectivity index (χ1v) is 5.37. The van der Waals surface area contributed by atoms with Gasteiger partial charge in [0.25, 0.3) is 0 Å². The van der Waals surface area contributed by atoms with Crippen LogP contribution in [0.4, 0.5) is 0 Å². The first-order valence-electron chi connectivity index (χ1n) is 4.96. The number of aromatic nitrogens is 3. The van der Waals surface area contributed by atoms with Gasteiger partial charge in [0, 0.05) is 5.39 Å². The molecule has 1 N–H and O–H groups in total. The molecule has 5 heteroatoms. The Morgan fingerprint density at radius 3 is 2.59 bits per heavy atom. The van der Waals surface area contributed by atoms with Crippen molar-refractivity contribution in [3.63, 3.8) is 0 Å². The summed E-state index contributed by atoms with van der Waals surface area (Å²) in [5.74, 6) is 0. The summed E-state index contributed by atoms with van der Waals surface area (Å²) in [5, 5.41) is 9.06. The van der Waals surface area contributed by atoms with Gasteiger partial charge in [0.15, 0.2) is 4.77 Å². The zero-order chi connectivity index (χ0) is 11.0. The number of nitrogens with zero attached hydrogens (tertiary/aromatic N) is 2. The molecule has 0 aliphatic heterocycles. The molecule has 0 bridgehead atoms. The second kappa shape index (κ2) is 4.69. The van der Waals surface area contributed by atoms with E-state index in [1.54, 1.807) is 6.33 Å². The topological polar surface area (TPSA) is 33.6 Å². The summed E-state index contributed by atoms with van der Waals surface area (Å²) in [6, 6.07) is 14.4. The molecule has 3 aromatic rings. The van der Waals surface area contributed by atoms with Gasteiger partial charge in [0.05, 0.1) is 5.69 Å². The monoisotopic (exact) mass is 263 g/mol. The molecule has 0 spiro atoms. The first kappa shape index (κ1) is 11.8. The second-order valence-corrected chi connectivity index (χ2v) is 3.92. The number of nitrogens with one attached hydrogen (secondary N) is 1. The third kappa shape index (κ3) is 1.97. The van der Waals surface area contributed by atoms with Crippen molar-refractivity contribution < 1.29 is 0 Å². The van der Waals surface area contributed by atoms with E-state index < -0.39 is 0 Å². The Labute approximate surface area is 110 Å². The van der Waals surface area contributed by atoms with Crippen molar-refractivity contribution in [3.05, 3.63) is 53.6 Å². The molecule has 3 nitrogen and oxygen atoms in total. The lowest BCUT2D eigenvalue weighted by molar-refractivity contribution is 1.04. The fraction of sp³-hybridized carbons (Fsp3) is 0. The van der Waals surface area contributed by atoms with E-state index in [0.717, 1.165) is 5.69 Å². The summed E-state index contributed by atoms with van der Waals surface area (Å²) in [4.78, 5) is 0. The molecule has 1 aromatic heterocycles. The van der Waals surface area contributed by atoms with Crippen molar-refractivity contribution in [3.8, 4) is 5.69 Å². The number of fused-ring (bicyclic) bond motifs is 1. The van der Waals surface area contributed by atoms with Gasteiger partial charge in [-0.1, -0.05) is 36.4 Å². The Morgan fingerprint density at radius 2 is 1.82 bits per heavy atom. The summed E-state index contributed by atoms with van der Waals surface area (Å²) < 4.78 is 2.48. The molecule has 0 saturated carbocycles. The van der Waals surface area contributed by atoms with Crippen molar-refractivity contribution in [2.45, 2.75) is 0 Å². The lowest BCUT2D eigenvalue weighted by Gasteiger charge is -2.05. The molecule has 3 rings (SSSR count). The second-order valence-electron chi connectivity index (χ2n) is 3.53. The Kier molecular flexibility index (Phi) is 3.26. The molecule has 2 aromatic carbocycles. The Hall–Kier alpha value is -1.65. The molecule has 0 radical (unpaired) electrons. The highest BCUT2D eigenvalue weighted by Crippen LogP contribution is 2.21. The third-order valence-electron chi connectivity index (χ3n) is 2.58. The van der Waals surface area contributed by atoms with Crippen molar-refractivity contribution in [2.75, 3.05) is 0 Å². The number of hydrogen-bond donors (Lipinski definition) is 1. The average Bonchev–Trinajstić information content (AvgIpc) is 2.75. The van der Waals surface area contributed by atoms with Crippen LogP contribution in [0.15, 0.2) is 48.8 Å². The molecule has 86 valence electrons. The minimum absolute atomic E-state index is 0. The summed E-state index contributed by atoms with van der Waals surface area (Å²) in [6.45, 7) is 0. The van der Waals surface area contributed by atoms with Crippen molar-refractivity contribution >= 4 is 35.4 Å². The summed E-state index contributed by atoms with van der Waals surface area (Å²) >= 11 is 5.18. The highest BCUT2D eigenvalue weighted by Gasteiger charge is 2.02. The van der Waals surface area contributed by atoms with Crippen LogP contribution in [-0.4, -0.2) is 14.8 Å². The van der Waals surface area contributed by atoms with Crippen LogP contribution in [0.25, 0.3) is 16.5 Å². The first-order chi connectivity index (χ1) is 7.86. The molecule has 0 atom stereocenters. The van der Waals surface area contributed by atoms with Crippen LogP contribution in [0.1, 0.15) is 0 Å². The van der Waals surface area contributed by atoms with E-state index >= 15 is 0 Å². The van der Waals surface area contributed by atoms with Gasteiger partial charge >= 0.3 is 0 Å². The van der Waals surface area contributed by atoms with Crippen LogP contribution in [0, 0.1) is 4.77 Å². The Balaban J connectivity index is 0.00000108. The lowest BCUT2D eigenvalue weighted by atomic mass is 10.1. The number of aromatic amines is 1. The number of rotatable bonds is 1. The van der Waals surface area contributed by atoms with Gasteiger partial charge in [-0.25, -0.2) is 0 Å². The SMILES string of the molecule is Cl.S=c1[nH]ncn1-c1cccc2ccccc12. The Bertz CT molecular complexity index is 697. The molecule has 0 unspecified atom stereocenters. The highest BCUT2D eigenvalue weighted by atomic mass is 35.5. The zero-order valence-corrected chi connectivity index (χ0v) is 10.5. The van der Waals surface area contributed by atoms with Gasteiger partial charge in [-0.2, -0.15) is 5.10 Å². The molecule has 1 heterocycles. The predicted molar refractivity (Wildman–Crippen MR) is 73.5 cm³/mol. The zero-order valence-electron chi connectivity index (χ0n) is 8.83. The highest BCUT2D eigenvalue weighted by molar-refractivity contribution is 7.71. The smallest absolute Gasteiger partial charge is 0.199 e. The fourth-order valence-corrected chi connectivity index (χ4v) is 2.04. The van der Waals surface area contributed by atoms with Crippen molar-refractivity contribution in [1.29, 1.82) is 0 Å². The van der Waals surface area contributed by atoms with E-state index in [0.29, 0.717) is 4.77 Å². The number of halogens is 1. The normalized spacial score (nSPS) is 10.1. The molecule has 0 amide bonds. The van der Waals surface area contributed by atoms with E-state index in [9.17, 15) is 0 Å². The minimum Gasteiger partial charge on any atom is -0.274 e. The van der Waals surface area contributed by atoms with Crippen LogP contribution in [0.5, 0.6) is 0 Å². The minimum atomic E-state index is 0. The van der Waals surface area contributed by atoms with Crippen LogP contribution in [-0.2, 0) is 0 Å². The van der Waals surface area contributed by atoms with Crippen molar-refractivity contribution in [2.24, 2.45) is 0 Å². The summed E-state index contributed by atoms with van der Waals surface area (Å²) in [6.07, 6.45) is 1.70. The molecule has 17 heavy (non-hydrogen) atoms. The fourth-order valence-electron chi connectivity index (χ4n) is 1.84. The van der Waals surface area contributed by atoms with Crippen LogP contribution < -0.4 is 0 Å². The van der Waals surface area contributed by atoms with Crippen molar-refractivity contribution in [1.82, 2.24) is 14.8 Å². The van der Waals surface area contributed by atoms with E-state index in [2.05, 4.69) is 28.4 Å². The maximum absolute atomic E-state index is 5.18. The van der Waals surface area contributed by atoms with Gasteiger partial charge in [0.2, 0.25) is 0 Å².